The number of rotatable bonds is 0. The summed E-state index contributed by atoms with van der Waals surface area (Å²) in [6.07, 6.45) is 0. The third kappa shape index (κ3) is 2.82. The molecular weight excluding hydrogens is 303 g/mol. The minimum atomic E-state index is 0.360. The van der Waals surface area contributed by atoms with E-state index in [1.54, 1.807) is 0 Å². The number of benzene rings is 1. The van der Waals surface area contributed by atoms with Gasteiger partial charge in [-0.25, -0.2) is 0 Å². The largest absolute Gasteiger partial charge is 0.113 e. The second kappa shape index (κ2) is 4.91. The van der Waals surface area contributed by atoms with Crippen molar-refractivity contribution in [1.29, 1.82) is 0 Å². The first-order valence-electron chi connectivity index (χ1n) is 3.24. The first-order valence-corrected chi connectivity index (χ1v) is 5.36. The molecule has 0 nitrogen and oxygen atoms in total. The molecule has 0 aromatic heterocycles. The van der Waals surface area contributed by atoms with Crippen molar-refractivity contribution in [3.05, 3.63) is 32.7 Å². The average molecular weight is 308 g/mol. The maximum atomic E-state index is 5.44. The molecule has 0 spiro atoms. The van der Waals surface area contributed by atoms with Crippen LogP contribution in [0.25, 0.3) is 0 Å². The molecule has 12 heavy (non-hydrogen) atoms. The predicted octanol–water partition coefficient (Wildman–Crippen LogP) is 3.80. The van der Waals surface area contributed by atoms with Crippen molar-refractivity contribution in [2.75, 3.05) is 5.88 Å². The molecule has 1 aromatic carbocycles. The Balaban J connectivity index is 3.05. The molecule has 0 aliphatic rings. The van der Waals surface area contributed by atoms with Crippen LogP contribution in [0.5, 0.6) is 0 Å². The molecule has 0 fully saturated rings. The van der Waals surface area contributed by atoms with Gasteiger partial charge < -0.3 is 0 Å². The first kappa shape index (κ1) is 10.1. The Morgan fingerprint density at radius 1 is 1.33 bits per heavy atom. The van der Waals surface area contributed by atoms with Crippen molar-refractivity contribution < 1.29 is 0 Å². The standard InChI is InChI=1S/C9H5Br2Cl/c10-8-3-4-9(11)7(6-8)2-1-5-12/h3-4,6H,5H2. The minimum Gasteiger partial charge on any atom is -0.113 e. The Morgan fingerprint density at radius 2 is 2.08 bits per heavy atom. The molecule has 0 atom stereocenters. The molecule has 1 aromatic rings. The molecule has 3 heteroatoms. The molecule has 0 radical (unpaired) electrons. The molecular formula is C9H5Br2Cl. The molecule has 1 rings (SSSR count). The van der Waals surface area contributed by atoms with Gasteiger partial charge in [0.15, 0.2) is 0 Å². The van der Waals surface area contributed by atoms with Gasteiger partial charge >= 0.3 is 0 Å². The smallest absolute Gasteiger partial charge is 0.0839 e. The fraction of sp³-hybridized carbons (Fsp3) is 0.111. The zero-order chi connectivity index (χ0) is 8.97. The van der Waals surface area contributed by atoms with E-state index in [4.69, 9.17) is 11.6 Å². The van der Waals surface area contributed by atoms with Gasteiger partial charge in [0.1, 0.15) is 0 Å². The highest BCUT2D eigenvalue weighted by molar-refractivity contribution is 9.11. The fourth-order valence-corrected chi connectivity index (χ4v) is 1.50. The Labute approximate surface area is 93.6 Å². The van der Waals surface area contributed by atoms with Crippen molar-refractivity contribution in [3.8, 4) is 11.8 Å². The molecule has 0 saturated heterocycles. The fourth-order valence-electron chi connectivity index (χ4n) is 0.722. The monoisotopic (exact) mass is 306 g/mol. The second-order valence-electron chi connectivity index (χ2n) is 2.06. The van der Waals surface area contributed by atoms with E-state index >= 15 is 0 Å². The first-order chi connectivity index (χ1) is 5.74. The van der Waals surface area contributed by atoms with Crippen LogP contribution in [0.2, 0.25) is 0 Å². The third-order valence-electron chi connectivity index (χ3n) is 1.22. The van der Waals surface area contributed by atoms with Crippen LogP contribution in [-0.2, 0) is 0 Å². The van der Waals surface area contributed by atoms with Gasteiger partial charge in [-0.1, -0.05) is 27.8 Å². The van der Waals surface area contributed by atoms with E-state index in [2.05, 4.69) is 43.7 Å². The van der Waals surface area contributed by atoms with Crippen LogP contribution < -0.4 is 0 Å². The van der Waals surface area contributed by atoms with E-state index in [1.165, 1.54) is 0 Å². The lowest BCUT2D eigenvalue weighted by Gasteiger charge is -1.95. The zero-order valence-electron chi connectivity index (χ0n) is 6.07. The quantitative estimate of drug-likeness (QED) is 0.505. The minimum absolute atomic E-state index is 0.360. The molecule has 0 saturated carbocycles. The van der Waals surface area contributed by atoms with Crippen LogP contribution in [-0.4, -0.2) is 5.88 Å². The molecule has 0 heterocycles. The van der Waals surface area contributed by atoms with Crippen molar-refractivity contribution in [1.82, 2.24) is 0 Å². The Morgan fingerprint density at radius 3 is 2.75 bits per heavy atom. The molecule has 0 bridgehead atoms. The number of hydrogen-bond acceptors (Lipinski definition) is 0. The number of halogens is 3. The van der Waals surface area contributed by atoms with Crippen molar-refractivity contribution in [2.24, 2.45) is 0 Å². The van der Waals surface area contributed by atoms with Crippen molar-refractivity contribution >= 4 is 43.5 Å². The van der Waals surface area contributed by atoms with E-state index in [0.29, 0.717) is 5.88 Å². The van der Waals surface area contributed by atoms with Gasteiger partial charge in [0.05, 0.1) is 5.88 Å². The molecule has 0 unspecified atom stereocenters. The Hall–Kier alpha value is 0.0300. The van der Waals surface area contributed by atoms with Gasteiger partial charge in [-0.05, 0) is 34.1 Å². The van der Waals surface area contributed by atoms with Crippen LogP contribution >= 0.6 is 43.5 Å². The summed E-state index contributed by atoms with van der Waals surface area (Å²) in [5.74, 6) is 6.10. The summed E-state index contributed by atoms with van der Waals surface area (Å²) < 4.78 is 2.01. The van der Waals surface area contributed by atoms with Crippen LogP contribution in [0.3, 0.4) is 0 Å². The van der Waals surface area contributed by atoms with Crippen LogP contribution in [0.15, 0.2) is 27.1 Å². The molecule has 0 amide bonds. The maximum Gasteiger partial charge on any atom is 0.0839 e. The predicted molar refractivity (Wildman–Crippen MR) is 59.4 cm³/mol. The van der Waals surface area contributed by atoms with E-state index < -0.39 is 0 Å². The molecule has 0 N–H and O–H groups in total. The lowest BCUT2D eigenvalue weighted by atomic mass is 10.2. The van der Waals surface area contributed by atoms with Crippen molar-refractivity contribution in [3.63, 3.8) is 0 Å². The van der Waals surface area contributed by atoms with E-state index in [9.17, 15) is 0 Å². The van der Waals surface area contributed by atoms with Crippen molar-refractivity contribution in [2.45, 2.75) is 0 Å². The third-order valence-corrected chi connectivity index (χ3v) is 2.54. The summed E-state index contributed by atoms with van der Waals surface area (Å²) in [6.45, 7) is 0. The van der Waals surface area contributed by atoms with Gasteiger partial charge in [-0.15, -0.1) is 11.6 Å². The van der Waals surface area contributed by atoms with Gasteiger partial charge in [0.2, 0.25) is 0 Å². The van der Waals surface area contributed by atoms with Gasteiger partial charge in [0.25, 0.3) is 0 Å². The topological polar surface area (TPSA) is 0 Å². The molecule has 0 aliphatic carbocycles. The summed E-state index contributed by atoms with van der Waals surface area (Å²) in [6, 6.07) is 5.85. The normalized spacial score (nSPS) is 8.92. The summed E-state index contributed by atoms with van der Waals surface area (Å²) in [7, 11) is 0. The Kier molecular flexibility index (Phi) is 4.14. The zero-order valence-corrected chi connectivity index (χ0v) is 10.0. The Bertz CT molecular complexity index is 336. The molecule has 62 valence electrons. The van der Waals surface area contributed by atoms with Gasteiger partial charge in [0, 0.05) is 14.5 Å². The van der Waals surface area contributed by atoms with Crippen LogP contribution in [0.4, 0.5) is 0 Å². The average Bonchev–Trinajstić information content (AvgIpc) is 2.07. The number of alkyl halides is 1. The van der Waals surface area contributed by atoms with Gasteiger partial charge in [-0.3, -0.25) is 0 Å². The summed E-state index contributed by atoms with van der Waals surface area (Å²) in [4.78, 5) is 0. The number of hydrogen-bond donors (Lipinski definition) is 0. The highest BCUT2D eigenvalue weighted by Gasteiger charge is 1.95. The van der Waals surface area contributed by atoms with E-state index in [0.717, 1.165) is 14.5 Å². The lowest BCUT2D eigenvalue weighted by molar-refractivity contribution is 1.55. The SMILES string of the molecule is ClCC#Cc1cc(Br)ccc1Br. The lowest BCUT2D eigenvalue weighted by Crippen LogP contribution is -1.77. The van der Waals surface area contributed by atoms with Crippen LogP contribution in [0, 0.1) is 11.8 Å². The summed E-state index contributed by atoms with van der Waals surface area (Å²) in [5.41, 5.74) is 0.949. The maximum absolute atomic E-state index is 5.44. The summed E-state index contributed by atoms with van der Waals surface area (Å²) >= 11 is 12.2. The second-order valence-corrected chi connectivity index (χ2v) is 4.10. The highest BCUT2D eigenvalue weighted by Crippen LogP contribution is 2.20. The van der Waals surface area contributed by atoms with E-state index in [-0.39, 0.29) is 0 Å². The summed E-state index contributed by atoms with van der Waals surface area (Å²) in [5, 5.41) is 0. The highest BCUT2D eigenvalue weighted by atomic mass is 79.9. The van der Waals surface area contributed by atoms with E-state index in [1.807, 2.05) is 18.2 Å². The van der Waals surface area contributed by atoms with Gasteiger partial charge in [-0.2, -0.15) is 0 Å². The van der Waals surface area contributed by atoms with Crippen LogP contribution in [0.1, 0.15) is 5.56 Å². The molecule has 0 aliphatic heterocycles.